The van der Waals surface area contributed by atoms with Crippen LogP contribution in [0, 0.1) is 0 Å². The number of aromatic nitrogens is 2. The average molecular weight is 478 g/mol. The Morgan fingerprint density at radius 1 is 0.971 bits per heavy atom. The highest BCUT2D eigenvalue weighted by Gasteiger charge is 2.51. The molecule has 1 heterocycles. The molecule has 1 amide bonds. The highest BCUT2D eigenvalue weighted by molar-refractivity contribution is 6.07. The highest BCUT2D eigenvalue weighted by Crippen LogP contribution is 2.24. The van der Waals surface area contributed by atoms with Crippen molar-refractivity contribution in [1.82, 2.24) is 15.6 Å². The number of rotatable bonds is 11. The van der Waals surface area contributed by atoms with Crippen LogP contribution >= 0.6 is 0 Å². The molecule has 0 radical (unpaired) electrons. The van der Waals surface area contributed by atoms with Gasteiger partial charge in [0.2, 0.25) is 5.54 Å². The average Bonchev–Trinajstić information content (AvgIpc) is 3.22. The number of carbonyl (C=O) groups is 3. The van der Waals surface area contributed by atoms with Gasteiger partial charge in [0.05, 0.1) is 13.2 Å². The van der Waals surface area contributed by atoms with Gasteiger partial charge in [-0.05, 0) is 51.8 Å². The van der Waals surface area contributed by atoms with Crippen LogP contribution in [0.25, 0.3) is 0 Å². The monoisotopic (exact) mass is 477 g/mol. The molecule has 186 valence electrons. The van der Waals surface area contributed by atoms with E-state index in [0.29, 0.717) is 0 Å². The first-order chi connectivity index (χ1) is 16.1. The van der Waals surface area contributed by atoms with E-state index in [9.17, 15) is 14.4 Å². The second kappa shape index (κ2) is 12.0. The normalized spacial score (nSPS) is 11.4. The summed E-state index contributed by atoms with van der Waals surface area (Å²) < 4.78 is 26.0. The summed E-state index contributed by atoms with van der Waals surface area (Å²) in [4.78, 5) is 38.5. The fourth-order valence-corrected chi connectivity index (χ4v) is 2.93. The number of ether oxygens (including phenoxy) is 4. The van der Waals surface area contributed by atoms with Crippen LogP contribution < -0.4 is 10.1 Å². The first-order valence-corrected chi connectivity index (χ1v) is 10.9. The zero-order chi connectivity index (χ0) is 25.2. The molecule has 0 aliphatic heterocycles. The smallest absolute Gasteiger partial charge is 0.409 e. The standard InChI is InChI=1S/C23H31N3O8/c1-6-30-19(27)23(20(28)31-7-2,24-21(29)33-22(3,4)5)14-13-17-18(26-34-25-17)32-15-16-11-9-8-10-12-16/h8-12H,6-7,13-15H2,1-5H3,(H,24,29). The predicted octanol–water partition coefficient (Wildman–Crippen LogP) is 2.97. The lowest BCUT2D eigenvalue weighted by Gasteiger charge is -2.31. The molecule has 0 saturated heterocycles. The van der Waals surface area contributed by atoms with Crippen LogP contribution in [0.4, 0.5) is 4.79 Å². The molecule has 0 aliphatic carbocycles. The number of esters is 2. The Morgan fingerprint density at radius 2 is 1.59 bits per heavy atom. The summed E-state index contributed by atoms with van der Waals surface area (Å²) >= 11 is 0. The number of hydrogen-bond donors (Lipinski definition) is 1. The Bertz CT molecular complexity index is 935. The van der Waals surface area contributed by atoms with E-state index in [2.05, 4.69) is 15.6 Å². The van der Waals surface area contributed by atoms with Crippen molar-refractivity contribution in [2.45, 2.75) is 65.2 Å². The molecule has 11 heteroatoms. The van der Waals surface area contributed by atoms with Gasteiger partial charge in [-0.3, -0.25) is 5.32 Å². The number of amides is 1. The lowest BCUT2D eigenvalue weighted by molar-refractivity contribution is -0.166. The number of aryl methyl sites for hydroxylation is 1. The summed E-state index contributed by atoms with van der Waals surface area (Å²) in [6.07, 6.45) is -1.27. The summed E-state index contributed by atoms with van der Waals surface area (Å²) in [5, 5.41) is 9.94. The maximum Gasteiger partial charge on any atom is 0.409 e. The molecule has 11 nitrogen and oxygen atoms in total. The minimum atomic E-state index is -2.18. The zero-order valence-electron chi connectivity index (χ0n) is 20.1. The minimum absolute atomic E-state index is 0.0209. The van der Waals surface area contributed by atoms with Gasteiger partial charge in [-0.1, -0.05) is 35.5 Å². The SMILES string of the molecule is CCOC(=O)C(CCc1nonc1OCc1ccccc1)(NC(=O)OC(C)(C)C)C(=O)OCC. The summed E-state index contributed by atoms with van der Waals surface area (Å²) in [5.74, 6) is -1.87. The van der Waals surface area contributed by atoms with Crippen molar-refractivity contribution in [3.8, 4) is 5.88 Å². The van der Waals surface area contributed by atoms with Crippen LogP contribution in [-0.2, 0) is 36.8 Å². The first kappa shape index (κ1) is 26.6. The molecule has 0 aliphatic rings. The number of nitrogens with one attached hydrogen (secondary N) is 1. The molecule has 1 aromatic carbocycles. The Hall–Kier alpha value is -3.63. The summed E-state index contributed by atoms with van der Waals surface area (Å²) in [6, 6.07) is 9.38. The number of alkyl carbamates (subject to hydrolysis) is 1. The topological polar surface area (TPSA) is 139 Å². The van der Waals surface area contributed by atoms with Gasteiger partial charge in [0.15, 0.2) is 0 Å². The molecular formula is C23H31N3O8. The minimum Gasteiger partial charge on any atom is -0.469 e. The van der Waals surface area contributed by atoms with E-state index in [1.54, 1.807) is 34.6 Å². The molecular weight excluding hydrogens is 446 g/mol. The molecule has 2 aromatic rings. The van der Waals surface area contributed by atoms with Crippen LogP contribution in [0.3, 0.4) is 0 Å². The van der Waals surface area contributed by atoms with Gasteiger partial charge in [0, 0.05) is 6.42 Å². The maximum atomic E-state index is 13.0. The lowest BCUT2D eigenvalue weighted by Crippen LogP contribution is -2.62. The van der Waals surface area contributed by atoms with Crippen molar-refractivity contribution in [3.05, 3.63) is 41.6 Å². The number of benzene rings is 1. The molecule has 1 N–H and O–H groups in total. The van der Waals surface area contributed by atoms with Crippen molar-refractivity contribution in [1.29, 1.82) is 0 Å². The predicted molar refractivity (Wildman–Crippen MR) is 119 cm³/mol. The molecule has 2 rings (SSSR count). The van der Waals surface area contributed by atoms with Crippen LogP contribution in [0.1, 0.15) is 52.3 Å². The van der Waals surface area contributed by atoms with Gasteiger partial charge in [0.1, 0.15) is 17.9 Å². The Kier molecular flexibility index (Phi) is 9.40. The van der Waals surface area contributed by atoms with E-state index >= 15 is 0 Å². The van der Waals surface area contributed by atoms with Crippen molar-refractivity contribution < 1.29 is 38.0 Å². The van der Waals surface area contributed by atoms with Gasteiger partial charge in [-0.15, -0.1) is 0 Å². The third kappa shape index (κ3) is 7.46. The molecule has 0 atom stereocenters. The van der Waals surface area contributed by atoms with E-state index in [-0.39, 0.29) is 44.2 Å². The van der Waals surface area contributed by atoms with E-state index < -0.39 is 29.2 Å². The first-order valence-electron chi connectivity index (χ1n) is 10.9. The Balaban J connectivity index is 2.27. The third-order valence-corrected chi connectivity index (χ3v) is 4.44. The molecule has 0 bridgehead atoms. The third-order valence-electron chi connectivity index (χ3n) is 4.44. The second-order valence-electron chi connectivity index (χ2n) is 8.26. The quantitative estimate of drug-likeness (QED) is 0.292. The fourth-order valence-electron chi connectivity index (χ4n) is 2.93. The summed E-state index contributed by atoms with van der Waals surface area (Å²) in [6.45, 7) is 8.29. The van der Waals surface area contributed by atoms with Gasteiger partial charge in [-0.2, -0.15) is 0 Å². The van der Waals surface area contributed by atoms with Gasteiger partial charge in [-0.25, -0.2) is 19.0 Å². The van der Waals surface area contributed by atoms with Gasteiger partial charge >= 0.3 is 18.0 Å². The number of carbonyl (C=O) groups excluding carboxylic acids is 3. The van der Waals surface area contributed by atoms with E-state index in [1.807, 2.05) is 30.3 Å². The molecule has 34 heavy (non-hydrogen) atoms. The van der Waals surface area contributed by atoms with Gasteiger partial charge in [0.25, 0.3) is 5.88 Å². The molecule has 0 fully saturated rings. The molecule has 1 aromatic heterocycles. The van der Waals surface area contributed by atoms with E-state index in [4.69, 9.17) is 23.6 Å². The number of hydrogen-bond acceptors (Lipinski definition) is 10. The largest absolute Gasteiger partial charge is 0.469 e. The summed E-state index contributed by atoms with van der Waals surface area (Å²) in [7, 11) is 0. The van der Waals surface area contributed by atoms with Crippen LogP contribution in [0.5, 0.6) is 5.88 Å². The van der Waals surface area contributed by atoms with Crippen molar-refractivity contribution in [3.63, 3.8) is 0 Å². The molecule has 0 spiro atoms. The van der Waals surface area contributed by atoms with E-state index in [0.717, 1.165) is 5.56 Å². The van der Waals surface area contributed by atoms with Crippen LogP contribution in [0.2, 0.25) is 0 Å². The van der Waals surface area contributed by atoms with E-state index in [1.165, 1.54) is 0 Å². The van der Waals surface area contributed by atoms with Crippen LogP contribution in [-0.4, -0.2) is 52.7 Å². The molecule has 0 unspecified atom stereocenters. The molecule has 0 saturated carbocycles. The summed E-state index contributed by atoms with van der Waals surface area (Å²) in [5.41, 5.74) is -1.90. The van der Waals surface area contributed by atoms with Crippen LogP contribution in [0.15, 0.2) is 35.0 Å². The highest BCUT2D eigenvalue weighted by atomic mass is 16.6. The Labute approximate surface area is 198 Å². The lowest BCUT2D eigenvalue weighted by atomic mass is 9.92. The van der Waals surface area contributed by atoms with Crippen molar-refractivity contribution >= 4 is 18.0 Å². The maximum absolute atomic E-state index is 13.0. The fraction of sp³-hybridized carbons (Fsp3) is 0.522. The van der Waals surface area contributed by atoms with Gasteiger partial charge < -0.3 is 18.9 Å². The zero-order valence-corrected chi connectivity index (χ0v) is 20.1. The van der Waals surface area contributed by atoms with Crippen molar-refractivity contribution in [2.75, 3.05) is 13.2 Å². The number of nitrogens with zero attached hydrogens (tertiary/aromatic N) is 2. The Morgan fingerprint density at radius 3 is 2.15 bits per heavy atom. The van der Waals surface area contributed by atoms with Crippen molar-refractivity contribution in [2.24, 2.45) is 0 Å². The second-order valence-corrected chi connectivity index (χ2v) is 8.26.